The smallest absolute Gasteiger partial charge is 0.306 e. The van der Waals surface area contributed by atoms with Gasteiger partial charge in [0.25, 0.3) is 0 Å². The average molecular weight is 771 g/mol. The minimum absolute atomic E-state index is 0.165. The molecule has 310 valence electrons. The highest BCUT2D eigenvalue weighted by Crippen LogP contribution is 2.22. The summed E-state index contributed by atoms with van der Waals surface area (Å²) >= 11 is 0. The first-order chi connectivity index (χ1) is 26.8. The lowest BCUT2D eigenvalue weighted by molar-refractivity contribution is -0.305. The van der Waals surface area contributed by atoms with Crippen LogP contribution in [0.5, 0.6) is 0 Å². The van der Waals surface area contributed by atoms with Gasteiger partial charge in [-0.15, -0.1) is 0 Å². The van der Waals surface area contributed by atoms with Crippen LogP contribution in [-0.4, -0.2) is 89.0 Å². The fourth-order valence-electron chi connectivity index (χ4n) is 5.36. The van der Waals surface area contributed by atoms with Gasteiger partial charge in [-0.2, -0.15) is 0 Å². The second-order valence-corrected chi connectivity index (χ2v) is 13.4. The average Bonchev–Trinajstić information content (AvgIpc) is 3.18. The molecule has 0 spiro atoms. The quantitative estimate of drug-likeness (QED) is 0.0236. The predicted molar refractivity (Wildman–Crippen MR) is 219 cm³/mol. The van der Waals surface area contributed by atoms with Crippen molar-refractivity contribution >= 4 is 11.9 Å². The van der Waals surface area contributed by atoms with E-state index >= 15 is 0 Å². The Morgan fingerprint density at radius 2 is 1.11 bits per heavy atom. The molecule has 2 unspecified atom stereocenters. The molecule has 1 saturated heterocycles. The Hall–Kier alpha value is -3.38. The second kappa shape index (κ2) is 35.1. The van der Waals surface area contributed by atoms with Gasteiger partial charge in [-0.25, -0.2) is 0 Å². The lowest BCUT2D eigenvalue weighted by atomic mass is 9.99. The standard InChI is InChI=1S/C45H70O10/c1-3-5-7-9-11-13-15-17-19-21-23-25-27-29-31-33-40(47)52-36-38(37-53-45-44(51)43(50)42(49)39(35-46)55-45)54-41(48)34-32-30-28-26-24-22-20-18-16-14-12-10-8-6-4-2/h5-9,11-15,17-20,24,26,38-39,42-46,49-51H,3-4,10,16,21-23,25,27-37H2,1-2H3/b7-5+,8-6+,11-9+,14-12+,15-13+,19-17+,20-18+,26-24+/t38-,39-,42+,43?,44?,45-/m0/s1. The molecule has 0 saturated carbocycles. The summed E-state index contributed by atoms with van der Waals surface area (Å²) in [7, 11) is 0. The van der Waals surface area contributed by atoms with Crippen molar-refractivity contribution in [3.05, 3.63) is 97.2 Å². The van der Waals surface area contributed by atoms with Crippen LogP contribution in [0.1, 0.15) is 117 Å². The van der Waals surface area contributed by atoms with Crippen molar-refractivity contribution in [2.45, 2.75) is 153 Å². The minimum atomic E-state index is -1.61. The summed E-state index contributed by atoms with van der Waals surface area (Å²) in [5, 5.41) is 40.0. The van der Waals surface area contributed by atoms with E-state index < -0.39 is 55.4 Å². The number of hydrogen-bond donors (Lipinski definition) is 4. The van der Waals surface area contributed by atoms with E-state index in [2.05, 4.69) is 80.7 Å². The van der Waals surface area contributed by atoms with E-state index in [4.69, 9.17) is 18.9 Å². The molecule has 0 aromatic rings. The summed E-state index contributed by atoms with van der Waals surface area (Å²) in [4.78, 5) is 25.2. The molecule has 1 heterocycles. The fourth-order valence-corrected chi connectivity index (χ4v) is 5.36. The molecule has 4 N–H and O–H groups in total. The maximum atomic E-state index is 12.7. The Kier molecular flexibility index (Phi) is 31.6. The number of aliphatic hydroxyl groups excluding tert-OH is 4. The van der Waals surface area contributed by atoms with E-state index in [1.54, 1.807) is 0 Å². The molecule has 1 rings (SSSR count). The highest BCUT2D eigenvalue weighted by atomic mass is 16.7. The van der Waals surface area contributed by atoms with Crippen LogP contribution < -0.4 is 0 Å². The molecule has 0 aromatic carbocycles. The minimum Gasteiger partial charge on any atom is -0.462 e. The summed E-state index contributed by atoms with van der Waals surface area (Å²) in [6.07, 6.45) is 38.4. The first-order valence-corrected chi connectivity index (χ1v) is 20.4. The van der Waals surface area contributed by atoms with Crippen molar-refractivity contribution < 1.29 is 49.0 Å². The van der Waals surface area contributed by atoms with Crippen LogP contribution in [0.3, 0.4) is 0 Å². The molecule has 6 atom stereocenters. The number of ether oxygens (including phenoxy) is 4. The molecular formula is C45H70O10. The molecule has 0 aliphatic carbocycles. The molecule has 10 nitrogen and oxygen atoms in total. The highest BCUT2D eigenvalue weighted by molar-refractivity contribution is 5.70. The fraction of sp³-hybridized carbons (Fsp3) is 0.600. The third kappa shape index (κ3) is 27.0. The van der Waals surface area contributed by atoms with Gasteiger partial charge in [0, 0.05) is 12.8 Å². The Labute approximate surface area is 330 Å². The second-order valence-electron chi connectivity index (χ2n) is 13.4. The van der Waals surface area contributed by atoms with Crippen molar-refractivity contribution in [1.82, 2.24) is 0 Å². The predicted octanol–water partition coefficient (Wildman–Crippen LogP) is 7.99. The van der Waals surface area contributed by atoms with Crippen LogP contribution in [0.2, 0.25) is 0 Å². The van der Waals surface area contributed by atoms with Crippen LogP contribution in [-0.2, 0) is 28.5 Å². The van der Waals surface area contributed by atoms with Crippen molar-refractivity contribution in [3.63, 3.8) is 0 Å². The van der Waals surface area contributed by atoms with Gasteiger partial charge in [-0.3, -0.25) is 9.59 Å². The summed E-state index contributed by atoms with van der Waals surface area (Å²) in [6.45, 7) is 3.06. The largest absolute Gasteiger partial charge is 0.462 e. The zero-order valence-corrected chi connectivity index (χ0v) is 33.4. The van der Waals surface area contributed by atoms with Gasteiger partial charge in [0.2, 0.25) is 0 Å². The topological polar surface area (TPSA) is 152 Å². The third-order valence-electron chi connectivity index (χ3n) is 8.56. The molecule has 10 heteroatoms. The zero-order chi connectivity index (χ0) is 40.2. The van der Waals surface area contributed by atoms with Gasteiger partial charge in [0.1, 0.15) is 31.0 Å². The van der Waals surface area contributed by atoms with E-state index in [1.165, 1.54) is 0 Å². The van der Waals surface area contributed by atoms with Gasteiger partial charge in [-0.05, 0) is 70.6 Å². The number of esters is 2. The van der Waals surface area contributed by atoms with Crippen molar-refractivity contribution in [2.24, 2.45) is 0 Å². The molecular weight excluding hydrogens is 700 g/mol. The maximum Gasteiger partial charge on any atom is 0.306 e. The van der Waals surface area contributed by atoms with E-state index in [-0.39, 0.29) is 26.1 Å². The van der Waals surface area contributed by atoms with Crippen LogP contribution in [0.4, 0.5) is 0 Å². The van der Waals surface area contributed by atoms with Crippen molar-refractivity contribution in [2.75, 3.05) is 19.8 Å². The Bertz CT molecular complexity index is 1210. The molecule has 0 aromatic heterocycles. The van der Waals surface area contributed by atoms with Crippen molar-refractivity contribution in [3.8, 4) is 0 Å². The molecule has 55 heavy (non-hydrogen) atoms. The van der Waals surface area contributed by atoms with Crippen LogP contribution >= 0.6 is 0 Å². The third-order valence-corrected chi connectivity index (χ3v) is 8.56. The molecule has 0 amide bonds. The number of aliphatic hydroxyl groups is 4. The number of hydrogen-bond acceptors (Lipinski definition) is 10. The lowest BCUT2D eigenvalue weighted by Gasteiger charge is -2.39. The SMILES string of the molecule is CC/C=C/C=C/C=C/C=C/CCCCCCCC(=O)OC[C@@H](CO[C@H]1O[C@@H](CO)[C@@H](O)C(O)C1O)OC(=O)CCCC/C=C/C/C=C/C/C=C/C/C=C/CC. The molecule has 0 radical (unpaired) electrons. The summed E-state index contributed by atoms with van der Waals surface area (Å²) in [5.41, 5.74) is 0. The van der Waals surface area contributed by atoms with E-state index in [9.17, 15) is 30.0 Å². The van der Waals surface area contributed by atoms with Crippen molar-refractivity contribution in [1.29, 1.82) is 0 Å². The first kappa shape index (κ1) is 49.6. The maximum absolute atomic E-state index is 12.7. The number of rotatable bonds is 31. The number of allylic oxidation sites excluding steroid dienone is 16. The van der Waals surface area contributed by atoms with Crippen LogP contribution in [0.25, 0.3) is 0 Å². The van der Waals surface area contributed by atoms with Crippen LogP contribution in [0, 0.1) is 0 Å². The lowest BCUT2D eigenvalue weighted by Crippen LogP contribution is -2.59. The normalized spacial score (nSPS) is 21.6. The van der Waals surface area contributed by atoms with E-state index in [1.807, 2.05) is 30.4 Å². The molecule has 1 aliphatic rings. The Morgan fingerprint density at radius 1 is 0.582 bits per heavy atom. The highest BCUT2D eigenvalue weighted by Gasteiger charge is 2.44. The van der Waals surface area contributed by atoms with E-state index in [0.717, 1.165) is 77.0 Å². The summed E-state index contributed by atoms with van der Waals surface area (Å²) in [6, 6.07) is 0. The summed E-state index contributed by atoms with van der Waals surface area (Å²) in [5.74, 6) is -0.896. The van der Waals surface area contributed by atoms with Gasteiger partial charge in [0.15, 0.2) is 12.4 Å². The Morgan fingerprint density at radius 3 is 1.78 bits per heavy atom. The molecule has 1 aliphatic heterocycles. The Balaban J connectivity index is 2.44. The van der Waals surface area contributed by atoms with Gasteiger partial charge in [-0.1, -0.05) is 130 Å². The number of carbonyl (C=O) groups is 2. The van der Waals surface area contributed by atoms with E-state index in [0.29, 0.717) is 12.8 Å². The molecule has 1 fully saturated rings. The zero-order valence-electron chi connectivity index (χ0n) is 33.4. The van der Waals surface area contributed by atoms with Gasteiger partial charge in [0.05, 0.1) is 13.2 Å². The number of carbonyl (C=O) groups excluding carboxylic acids is 2. The van der Waals surface area contributed by atoms with Crippen LogP contribution in [0.15, 0.2) is 97.2 Å². The first-order valence-electron chi connectivity index (χ1n) is 20.4. The van der Waals surface area contributed by atoms with Gasteiger partial charge < -0.3 is 39.4 Å². The number of unbranched alkanes of at least 4 members (excludes halogenated alkanes) is 7. The molecule has 0 bridgehead atoms. The monoisotopic (exact) mass is 770 g/mol. The van der Waals surface area contributed by atoms with Gasteiger partial charge >= 0.3 is 11.9 Å². The summed E-state index contributed by atoms with van der Waals surface area (Å²) < 4.78 is 22.0.